The van der Waals surface area contributed by atoms with Crippen LogP contribution in [0.4, 0.5) is 0 Å². The van der Waals surface area contributed by atoms with Gasteiger partial charge >= 0.3 is 22.8 Å². The van der Waals surface area contributed by atoms with Crippen LogP contribution in [0.25, 0.3) is 10.3 Å². The Hall–Kier alpha value is -3.45. The van der Waals surface area contributed by atoms with Gasteiger partial charge in [0, 0.05) is 33.3 Å². The minimum atomic E-state index is -1.27. The molecule has 1 aliphatic heterocycles. The highest BCUT2D eigenvalue weighted by Gasteiger charge is 2.52. The van der Waals surface area contributed by atoms with Gasteiger partial charge in [-0.05, 0) is 19.1 Å². The fraction of sp³-hybridized carbons (Fsp3) is 0.500. The highest BCUT2D eigenvalue weighted by atomic mass is 32.1. The van der Waals surface area contributed by atoms with E-state index in [4.69, 9.17) is 28.1 Å². The molecule has 0 spiro atoms. The van der Waals surface area contributed by atoms with E-state index < -0.39 is 59.4 Å². The molecule has 1 aromatic carbocycles. The maximum atomic E-state index is 12.0. The molecular formula is C22H25NO11S. The van der Waals surface area contributed by atoms with E-state index in [0.717, 1.165) is 25.2 Å². The number of hydrogen-bond donors (Lipinski definition) is 1. The number of amides is 1. The Balaban J connectivity index is 2.03. The molecule has 0 radical (unpaired) electrons. The maximum absolute atomic E-state index is 12.0. The zero-order chi connectivity index (χ0) is 25.9. The van der Waals surface area contributed by atoms with E-state index in [0.29, 0.717) is 21.6 Å². The minimum absolute atomic E-state index is 0.300. The number of carbonyl (C=O) groups is 4. The normalized spacial score (nSPS) is 23.9. The molecule has 5 atom stereocenters. The van der Waals surface area contributed by atoms with Crippen LogP contribution >= 0.6 is 11.3 Å². The van der Waals surface area contributed by atoms with E-state index in [1.165, 1.54) is 13.8 Å². The molecule has 13 heteroatoms. The van der Waals surface area contributed by atoms with Gasteiger partial charge < -0.3 is 33.4 Å². The molecule has 1 saturated heterocycles. The van der Waals surface area contributed by atoms with Crippen LogP contribution < -0.4 is 15.0 Å². The molecule has 0 bridgehead atoms. The molecule has 190 valence electrons. The Labute approximate surface area is 203 Å². The fourth-order valence-electron chi connectivity index (χ4n) is 3.69. The number of hydrogen-bond acceptors (Lipinski definition) is 12. The summed E-state index contributed by atoms with van der Waals surface area (Å²) >= 11 is 0.897. The zero-order valence-electron chi connectivity index (χ0n) is 19.6. The van der Waals surface area contributed by atoms with Crippen molar-refractivity contribution >= 4 is 45.4 Å². The predicted molar refractivity (Wildman–Crippen MR) is 120 cm³/mol. The highest BCUT2D eigenvalue weighted by Crippen LogP contribution is 2.33. The first-order valence-electron chi connectivity index (χ1n) is 10.6. The van der Waals surface area contributed by atoms with Gasteiger partial charge in [0.2, 0.25) is 12.2 Å². The van der Waals surface area contributed by atoms with E-state index in [1.54, 1.807) is 19.1 Å². The summed E-state index contributed by atoms with van der Waals surface area (Å²) in [5.74, 6) is -2.23. The standard InChI is InChI=1S/C22H25NO11S/c1-9-14(6-7-15-20(9)35-22(28)34-15)32-21-17(23-10(2)24)19(31-13(5)27)18(30-12(4)26)16(33-21)8-29-11(3)25/h6-7,16-19,21H,8H2,1-5H3,(H,23,24)/t16-,17-,18-,19-,21-/m1/s1. The van der Waals surface area contributed by atoms with Gasteiger partial charge in [0.25, 0.3) is 0 Å². The van der Waals surface area contributed by atoms with Crippen LogP contribution in [-0.2, 0) is 38.1 Å². The quantitative estimate of drug-likeness (QED) is 0.421. The molecule has 0 aliphatic carbocycles. The minimum Gasteiger partial charge on any atom is -0.463 e. The second kappa shape index (κ2) is 10.9. The Morgan fingerprint density at radius 2 is 1.66 bits per heavy atom. The average Bonchev–Trinajstić information content (AvgIpc) is 3.13. The van der Waals surface area contributed by atoms with Crippen molar-refractivity contribution in [1.29, 1.82) is 0 Å². The molecule has 0 saturated carbocycles. The lowest BCUT2D eigenvalue weighted by atomic mass is 9.96. The van der Waals surface area contributed by atoms with Gasteiger partial charge in [0.05, 0.1) is 4.70 Å². The molecule has 1 aliphatic rings. The SMILES string of the molecule is CC(=O)N[C@H]1[C@H](Oc2ccc3oc(=O)sc3c2C)O[C@H](COC(C)=O)[C@@H](OC(C)=O)[C@@H]1OC(C)=O. The first-order chi connectivity index (χ1) is 16.5. The third-order valence-corrected chi connectivity index (χ3v) is 5.97. The lowest BCUT2D eigenvalue weighted by Gasteiger charge is -2.44. The summed E-state index contributed by atoms with van der Waals surface area (Å²) in [5.41, 5.74) is 0.958. The van der Waals surface area contributed by atoms with Crippen molar-refractivity contribution < 1.29 is 47.3 Å². The van der Waals surface area contributed by atoms with Gasteiger partial charge in [-0.3, -0.25) is 19.2 Å². The summed E-state index contributed by atoms with van der Waals surface area (Å²) in [5, 5.41) is 2.63. The number of rotatable bonds is 7. The average molecular weight is 512 g/mol. The van der Waals surface area contributed by atoms with Crippen molar-refractivity contribution in [2.45, 2.75) is 65.3 Å². The predicted octanol–water partition coefficient (Wildman–Crippen LogP) is 1.20. The van der Waals surface area contributed by atoms with Crippen LogP contribution in [0.15, 0.2) is 21.3 Å². The van der Waals surface area contributed by atoms with Crippen LogP contribution in [0.2, 0.25) is 0 Å². The smallest absolute Gasteiger partial charge is 0.396 e. The number of esters is 3. The van der Waals surface area contributed by atoms with E-state index in [1.807, 2.05) is 0 Å². The molecule has 3 rings (SSSR count). The van der Waals surface area contributed by atoms with Crippen LogP contribution in [0.1, 0.15) is 33.3 Å². The van der Waals surface area contributed by atoms with Crippen LogP contribution in [0.5, 0.6) is 5.75 Å². The van der Waals surface area contributed by atoms with Crippen molar-refractivity contribution in [2.75, 3.05) is 6.61 Å². The third kappa shape index (κ3) is 6.36. The van der Waals surface area contributed by atoms with Gasteiger partial charge in [-0.2, -0.15) is 0 Å². The molecule has 1 N–H and O–H groups in total. The number of nitrogens with one attached hydrogen (secondary N) is 1. The Morgan fingerprint density at radius 3 is 2.26 bits per heavy atom. The van der Waals surface area contributed by atoms with E-state index >= 15 is 0 Å². The summed E-state index contributed by atoms with van der Waals surface area (Å²) < 4.78 is 33.6. The van der Waals surface area contributed by atoms with Crippen molar-refractivity contribution in [2.24, 2.45) is 0 Å². The molecule has 0 unspecified atom stereocenters. The molecule has 1 amide bonds. The molecule has 2 aromatic rings. The van der Waals surface area contributed by atoms with Gasteiger partial charge in [-0.15, -0.1) is 0 Å². The maximum Gasteiger partial charge on any atom is 0.396 e. The Morgan fingerprint density at radius 1 is 1.00 bits per heavy atom. The summed E-state index contributed by atoms with van der Waals surface area (Å²) in [7, 11) is 0. The van der Waals surface area contributed by atoms with Gasteiger partial charge in [-0.25, -0.2) is 4.79 Å². The van der Waals surface area contributed by atoms with Crippen molar-refractivity contribution in [3.63, 3.8) is 0 Å². The van der Waals surface area contributed by atoms with Gasteiger partial charge in [0.1, 0.15) is 30.1 Å². The van der Waals surface area contributed by atoms with Crippen molar-refractivity contribution in [3.8, 4) is 5.75 Å². The van der Waals surface area contributed by atoms with Gasteiger partial charge in [0.15, 0.2) is 12.2 Å². The molecule has 1 fully saturated rings. The largest absolute Gasteiger partial charge is 0.463 e. The van der Waals surface area contributed by atoms with Crippen LogP contribution in [0.3, 0.4) is 0 Å². The monoisotopic (exact) mass is 511 g/mol. The lowest BCUT2D eigenvalue weighted by Crippen LogP contribution is -2.67. The number of aryl methyl sites for hydroxylation is 1. The molecule has 12 nitrogen and oxygen atoms in total. The van der Waals surface area contributed by atoms with E-state index in [9.17, 15) is 24.0 Å². The number of carbonyl (C=O) groups excluding carboxylic acids is 4. The van der Waals surface area contributed by atoms with Crippen molar-refractivity contribution in [3.05, 3.63) is 27.4 Å². The Bertz CT molecular complexity index is 1190. The second-order valence-electron chi connectivity index (χ2n) is 7.81. The summed E-state index contributed by atoms with van der Waals surface area (Å²) in [6.45, 7) is 6.10. The lowest BCUT2D eigenvalue weighted by molar-refractivity contribution is -0.257. The molecule has 35 heavy (non-hydrogen) atoms. The second-order valence-corrected chi connectivity index (χ2v) is 8.75. The molecular weight excluding hydrogens is 486 g/mol. The number of ether oxygens (including phenoxy) is 5. The number of benzene rings is 1. The summed E-state index contributed by atoms with van der Waals surface area (Å²) in [6, 6.07) is 1.99. The Kier molecular flexibility index (Phi) is 8.12. The molecule has 2 heterocycles. The first kappa shape index (κ1) is 26.2. The first-order valence-corrected chi connectivity index (χ1v) is 11.4. The fourth-order valence-corrected chi connectivity index (χ4v) is 4.46. The zero-order valence-corrected chi connectivity index (χ0v) is 20.5. The van der Waals surface area contributed by atoms with E-state index in [-0.39, 0.29) is 6.61 Å². The highest BCUT2D eigenvalue weighted by molar-refractivity contribution is 7.16. The summed E-state index contributed by atoms with van der Waals surface area (Å²) in [6.07, 6.45) is -4.84. The van der Waals surface area contributed by atoms with Crippen LogP contribution in [0, 0.1) is 6.92 Å². The number of fused-ring (bicyclic) bond motifs is 1. The summed E-state index contributed by atoms with van der Waals surface area (Å²) in [4.78, 5) is 58.4. The van der Waals surface area contributed by atoms with Crippen molar-refractivity contribution in [1.82, 2.24) is 5.32 Å². The molecule has 1 aromatic heterocycles. The van der Waals surface area contributed by atoms with Crippen LogP contribution in [-0.4, -0.2) is 61.1 Å². The van der Waals surface area contributed by atoms with Gasteiger partial charge in [-0.1, -0.05) is 11.3 Å². The van der Waals surface area contributed by atoms with E-state index in [2.05, 4.69) is 5.32 Å². The topological polar surface area (TPSA) is 157 Å². The third-order valence-electron chi connectivity index (χ3n) is 5.01.